The Morgan fingerprint density at radius 2 is 2.30 bits per heavy atom. The number of hydrogen-bond donors (Lipinski definition) is 2. The van der Waals surface area contributed by atoms with Crippen LogP contribution in [0.4, 0.5) is 11.4 Å². The molecule has 1 aliphatic heterocycles. The van der Waals surface area contributed by atoms with Crippen LogP contribution in [0.2, 0.25) is 0 Å². The SMILES string of the molecule is O=C(O)c1ccc(NCC2COCCO2)c([N+](=O)[O-])c1. The Morgan fingerprint density at radius 3 is 2.90 bits per heavy atom. The quantitative estimate of drug-likeness (QED) is 0.614. The summed E-state index contributed by atoms with van der Waals surface area (Å²) >= 11 is 0. The predicted molar refractivity (Wildman–Crippen MR) is 69.1 cm³/mol. The maximum absolute atomic E-state index is 11.0. The predicted octanol–water partition coefficient (Wildman–Crippen LogP) is 1.12. The van der Waals surface area contributed by atoms with E-state index in [0.717, 1.165) is 6.07 Å². The van der Waals surface area contributed by atoms with Gasteiger partial charge in [-0.15, -0.1) is 0 Å². The second-order valence-corrected chi connectivity index (χ2v) is 4.24. The molecule has 0 amide bonds. The minimum atomic E-state index is -1.20. The first-order chi connectivity index (χ1) is 9.58. The number of hydrogen-bond acceptors (Lipinski definition) is 6. The number of ether oxygens (including phenoxy) is 2. The Balaban J connectivity index is 2.09. The number of nitrogens with zero attached hydrogens (tertiary/aromatic N) is 1. The fourth-order valence-corrected chi connectivity index (χ4v) is 1.84. The Bertz CT molecular complexity index is 513. The van der Waals surface area contributed by atoms with Crippen LogP contribution in [-0.2, 0) is 9.47 Å². The van der Waals surface area contributed by atoms with Crippen LogP contribution >= 0.6 is 0 Å². The van der Waals surface area contributed by atoms with Gasteiger partial charge in [0.15, 0.2) is 0 Å². The van der Waals surface area contributed by atoms with Gasteiger partial charge in [-0.2, -0.15) is 0 Å². The molecule has 8 nitrogen and oxygen atoms in total. The van der Waals surface area contributed by atoms with Crippen molar-refractivity contribution in [2.24, 2.45) is 0 Å². The molecule has 0 spiro atoms. The lowest BCUT2D eigenvalue weighted by Crippen LogP contribution is -2.34. The van der Waals surface area contributed by atoms with Crippen LogP contribution in [0, 0.1) is 10.1 Å². The average molecular weight is 282 g/mol. The van der Waals surface area contributed by atoms with Crippen LogP contribution in [0.15, 0.2) is 18.2 Å². The van der Waals surface area contributed by atoms with E-state index in [-0.39, 0.29) is 23.0 Å². The fraction of sp³-hybridized carbons (Fsp3) is 0.417. The van der Waals surface area contributed by atoms with E-state index in [4.69, 9.17) is 14.6 Å². The molecule has 0 radical (unpaired) electrons. The van der Waals surface area contributed by atoms with Crippen molar-refractivity contribution in [1.82, 2.24) is 0 Å². The molecule has 2 rings (SSSR count). The maximum Gasteiger partial charge on any atom is 0.335 e. The van der Waals surface area contributed by atoms with E-state index in [2.05, 4.69) is 5.32 Å². The topological polar surface area (TPSA) is 111 Å². The lowest BCUT2D eigenvalue weighted by molar-refractivity contribution is -0.384. The summed E-state index contributed by atoms with van der Waals surface area (Å²) in [6, 6.07) is 3.73. The summed E-state index contributed by atoms with van der Waals surface area (Å²) in [5.74, 6) is -1.20. The molecule has 1 heterocycles. The highest BCUT2D eigenvalue weighted by atomic mass is 16.6. The van der Waals surface area contributed by atoms with Crippen molar-refractivity contribution >= 4 is 17.3 Å². The molecular formula is C12H14N2O6. The summed E-state index contributed by atoms with van der Waals surface area (Å²) < 4.78 is 10.6. The van der Waals surface area contributed by atoms with Gasteiger partial charge in [0, 0.05) is 12.6 Å². The van der Waals surface area contributed by atoms with E-state index < -0.39 is 10.9 Å². The van der Waals surface area contributed by atoms with Gasteiger partial charge in [-0.3, -0.25) is 10.1 Å². The number of carbonyl (C=O) groups is 1. The normalized spacial score (nSPS) is 18.5. The summed E-state index contributed by atoms with van der Waals surface area (Å²) in [5.41, 5.74) is -0.143. The van der Waals surface area contributed by atoms with E-state index in [9.17, 15) is 14.9 Å². The van der Waals surface area contributed by atoms with E-state index in [1.54, 1.807) is 0 Å². The second-order valence-electron chi connectivity index (χ2n) is 4.24. The fourth-order valence-electron chi connectivity index (χ4n) is 1.84. The zero-order valence-corrected chi connectivity index (χ0v) is 10.6. The van der Waals surface area contributed by atoms with Gasteiger partial charge in [0.1, 0.15) is 5.69 Å². The first kappa shape index (κ1) is 14.2. The molecule has 2 N–H and O–H groups in total. The van der Waals surface area contributed by atoms with Crippen LogP contribution < -0.4 is 5.32 Å². The molecule has 1 aromatic carbocycles. The van der Waals surface area contributed by atoms with Gasteiger partial charge in [-0.05, 0) is 12.1 Å². The maximum atomic E-state index is 11.0. The van der Waals surface area contributed by atoms with Crippen LogP contribution in [0.25, 0.3) is 0 Å². The van der Waals surface area contributed by atoms with Crippen molar-refractivity contribution < 1.29 is 24.3 Å². The lowest BCUT2D eigenvalue weighted by Gasteiger charge is -2.23. The van der Waals surface area contributed by atoms with Gasteiger partial charge in [0.2, 0.25) is 0 Å². The Kier molecular flexibility index (Phi) is 4.49. The number of nitro benzene ring substituents is 1. The molecule has 1 aliphatic rings. The summed E-state index contributed by atoms with van der Waals surface area (Å²) in [4.78, 5) is 21.2. The van der Waals surface area contributed by atoms with E-state index in [0.29, 0.717) is 26.4 Å². The number of carboxylic acid groups (broad SMARTS) is 1. The summed E-state index contributed by atoms with van der Waals surface area (Å²) in [7, 11) is 0. The molecule has 20 heavy (non-hydrogen) atoms. The van der Waals surface area contributed by atoms with Crippen LogP contribution in [0.1, 0.15) is 10.4 Å². The molecule has 0 aliphatic carbocycles. The summed E-state index contributed by atoms with van der Waals surface area (Å²) in [6.07, 6.45) is -0.178. The number of rotatable bonds is 5. The number of carboxylic acids is 1. The standard InChI is InChI=1S/C12H14N2O6/c15-12(16)8-1-2-10(11(5-8)14(17)18)13-6-9-7-19-3-4-20-9/h1-2,5,9,13H,3-4,6-7H2,(H,15,16). The van der Waals surface area contributed by atoms with E-state index in [1.165, 1.54) is 12.1 Å². The molecule has 0 aromatic heterocycles. The highest BCUT2D eigenvalue weighted by molar-refractivity contribution is 5.89. The smallest absolute Gasteiger partial charge is 0.335 e. The first-order valence-electron chi connectivity index (χ1n) is 6.03. The van der Waals surface area contributed by atoms with Gasteiger partial charge < -0.3 is 19.9 Å². The Hall–Kier alpha value is -2.19. The van der Waals surface area contributed by atoms with Gasteiger partial charge in [0.25, 0.3) is 5.69 Å². The molecule has 1 fully saturated rings. The molecular weight excluding hydrogens is 268 g/mol. The molecule has 1 aromatic rings. The van der Waals surface area contributed by atoms with Crippen LogP contribution in [0.5, 0.6) is 0 Å². The number of nitro groups is 1. The third-order valence-electron chi connectivity index (χ3n) is 2.85. The lowest BCUT2D eigenvalue weighted by atomic mass is 10.1. The van der Waals surface area contributed by atoms with E-state index in [1.807, 2.05) is 0 Å². The molecule has 8 heteroatoms. The third-order valence-corrected chi connectivity index (χ3v) is 2.85. The molecule has 1 unspecified atom stereocenters. The number of aromatic carboxylic acids is 1. The highest BCUT2D eigenvalue weighted by Crippen LogP contribution is 2.25. The zero-order valence-electron chi connectivity index (χ0n) is 10.6. The molecule has 108 valence electrons. The minimum Gasteiger partial charge on any atom is -0.478 e. The van der Waals surface area contributed by atoms with Crippen molar-refractivity contribution in [3.8, 4) is 0 Å². The molecule has 0 bridgehead atoms. The van der Waals surface area contributed by atoms with Crippen molar-refractivity contribution in [2.45, 2.75) is 6.10 Å². The van der Waals surface area contributed by atoms with Gasteiger partial charge in [-0.25, -0.2) is 4.79 Å². The molecule has 1 atom stereocenters. The Labute approximate surface area is 114 Å². The zero-order chi connectivity index (χ0) is 14.5. The van der Waals surface area contributed by atoms with Crippen molar-refractivity contribution in [2.75, 3.05) is 31.7 Å². The highest BCUT2D eigenvalue weighted by Gasteiger charge is 2.19. The molecule has 1 saturated heterocycles. The number of benzene rings is 1. The van der Waals surface area contributed by atoms with Gasteiger partial charge in [0.05, 0.1) is 36.4 Å². The van der Waals surface area contributed by atoms with Crippen molar-refractivity contribution in [3.63, 3.8) is 0 Å². The van der Waals surface area contributed by atoms with Crippen molar-refractivity contribution in [3.05, 3.63) is 33.9 Å². The second kappa shape index (κ2) is 6.31. The number of nitrogens with one attached hydrogen (secondary N) is 1. The monoisotopic (exact) mass is 282 g/mol. The van der Waals surface area contributed by atoms with Crippen LogP contribution in [-0.4, -0.2) is 48.5 Å². The summed E-state index contributed by atoms with van der Waals surface area (Å²) in [5, 5.41) is 22.7. The minimum absolute atomic E-state index is 0.125. The van der Waals surface area contributed by atoms with Crippen LogP contribution in [0.3, 0.4) is 0 Å². The molecule has 0 saturated carbocycles. The van der Waals surface area contributed by atoms with E-state index >= 15 is 0 Å². The third kappa shape index (κ3) is 3.43. The average Bonchev–Trinajstić information content (AvgIpc) is 2.45. The Morgan fingerprint density at radius 1 is 1.50 bits per heavy atom. The summed E-state index contributed by atoms with van der Waals surface area (Å²) in [6.45, 7) is 1.82. The first-order valence-corrected chi connectivity index (χ1v) is 6.03. The largest absolute Gasteiger partial charge is 0.478 e. The van der Waals surface area contributed by atoms with Gasteiger partial charge in [-0.1, -0.05) is 0 Å². The number of anilines is 1. The van der Waals surface area contributed by atoms with Crippen molar-refractivity contribution in [1.29, 1.82) is 0 Å². The van der Waals surface area contributed by atoms with Gasteiger partial charge >= 0.3 is 5.97 Å².